The molecule has 16 heavy (non-hydrogen) atoms. The number of nitrogens with two attached hydrogens (primary N) is 1. The van der Waals surface area contributed by atoms with Crippen molar-refractivity contribution in [3.8, 4) is 0 Å². The molecule has 1 aromatic heterocycles. The number of furan rings is 1. The van der Waals surface area contributed by atoms with E-state index >= 15 is 0 Å². The van der Waals surface area contributed by atoms with Crippen molar-refractivity contribution in [2.75, 3.05) is 6.61 Å². The lowest BCUT2D eigenvalue weighted by molar-refractivity contribution is 0.234. The van der Waals surface area contributed by atoms with E-state index in [0.29, 0.717) is 12.3 Å². The Morgan fingerprint density at radius 2 is 2.25 bits per heavy atom. The van der Waals surface area contributed by atoms with Gasteiger partial charge in [-0.2, -0.15) is 0 Å². The molecule has 0 aliphatic rings. The molecule has 1 atom stereocenters. The minimum atomic E-state index is -3.78. The molecule has 92 valence electrons. The van der Waals surface area contributed by atoms with E-state index in [1.54, 1.807) is 0 Å². The summed E-state index contributed by atoms with van der Waals surface area (Å²) >= 11 is 0. The molecular formula is C9H16N2O4S. The summed E-state index contributed by atoms with van der Waals surface area (Å²) in [6.07, 6.45) is 0.777. The van der Waals surface area contributed by atoms with Gasteiger partial charge in [0.15, 0.2) is 0 Å². The summed E-state index contributed by atoms with van der Waals surface area (Å²) in [4.78, 5) is 0. The molecule has 0 aliphatic heterocycles. The van der Waals surface area contributed by atoms with Gasteiger partial charge in [0.1, 0.15) is 5.76 Å². The Kier molecular flexibility index (Phi) is 4.48. The molecule has 4 N–H and O–H groups in total. The molecular weight excluding hydrogens is 232 g/mol. The van der Waals surface area contributed by atoms with Crippen LogP contribution in [0.2, 0.25) is 0 Å². The van der Waals surface area contributed by atoms with Crippen molar-refractivity contribution < 1.29 is 17.9 Å². The zero-order chi connectivity index (χ0) is 12.2. The number of hydrogen-bond acceptors (Lipinski definition) is 5. The van der Waals surface area contributed by atoms with Gasteiger partial charge in [0.2, 0.25) is 5.09 Å². The van der Waals surface area contributed by atoms with Crippen molar-refractivity contribution in [3.63, 3.8) is 0 Å². The monoisotopic (exact) mass is 248 g/mol. The van der Waals surface area contributed by atoms with Crippen LogP contribution in [0.4, 0.5) is 0 Å². The van der Waals surface area contributed by atoms with Crippen molar-refractivity contribution in [2.24, 2.45) is 5.14 Å². The van der Waals surface area contributed by atoms with Gasteiger partial charge < -0.3 is 14.8 Å². The summed E-state index contributed by atoms with van der Waals surface area (Å²) in [5, 5.41) is 16.6. The average Bonchev–Trinajstić information content (AvgIpc) is 2.67. The maximum Gasteiger partial charge on any atom is 0.271 e. The topological polar surface area (TPSA) is 106 Å². The fourth-order valence-electron chi connectivity index (χ4n) is 1.19. The molecule has 6 nitrogen and oxygen atoms in total. The SMILES string of the molecule is CC[C@H](CO)NCc1ccc(S(N)(=O)=O)o1. The molecule has 1 aromatic rings. The Labute approximate surface area is 94.5 Å². The van der Waals surface area contributed by atoms with Crippen LogP contribution in [0.15, 0.2) is 21.6 Å². The summed E-state index contributed by atoms with van der Waals surface area (Å²) in [5.74, 6) is 0.468. The second kappa shape index (κ2) is 5.44. The number of aliphatic hydroxyl groups excluding tert-OH is 1. The first-order valence-electron chi connectivity index (χ1n) is 4.93. The molecule has 0 unspecified atom stereocenters. The normalized spacial score (nSPS) is 13.9. The Bertz CT molecular complexity index is 422. The molecule has 0 aromatic carbocycles. The van der Waals surface area contributed by atoms with Crippen LogP contribution in [-0.2, 0) is 16.6 Å². The van der Waals surface area contributed by atoms with E-state index in [-0.39, 0.29) is 17.7 Å². The molecule has 1 rings (SSSR count). The first kappa shape index (κ1) is 13.2. The van der Waals surface area contributed by atoms with Gasteiger partial charge in [-0.25, -0.2) is 13.6 Å². The second-order valence-corrected chi connectivity index (χ2v) is 4.93. The average molecular weight is 248 g/mol. The molecule has 0 amide bonds. The van der Waals surface area contributed by atoms with Gasteiger partial charge in [-0.15, -0.1) is 0 Å². The van der Waals surface area contributed by atoms with E-state index in [9.17, 15) is 8.42 Å². The summed E-state index contributed by atoms with van der Waals surface area (Å²) < 4.78 is 26.9. The van der Waals surface area contributed by atoms with Crippen molar-refractivity contribution >= 4 is 10.0 Å². The lowest BCUT2D eigenvalue weighted by Gasteiger charge is -2.12. The molecule has 0 radical (unpaired) electrons. The predicted molar refractivity (Wildman–Crippen MR) is 58.1 cm³/mol. The predicted octanol–water partition coefficient (Wildman–Crippen LogP) is -0.212. The van der Waals surface area contributed by atoms with Gasteiger partial charge in [-0.1, -0.05) is 6.92 Å². The first-order valence-corrected chi connectivity index (χ1v) is 6.47. The lowest BCUT2D eigenvalue weighted by atomic mass is 10.2. The molecule has 0 fully saturated rings. The van der Waals surface area contributed by atoms with Gasteiger partial charge in [0, 0.05) is 6.04 Å². The number of hydrogen-bond donors (Lipinski definition) is 3. The van der Waals surface area contributed by atoms with E-state index in [1.807, 2.05) is 6.92 Å². The minimum absolute atomic E-state index is 0.0250. The largest absolute Gasteiger partial charge is 0.447 e. The van der Waals surface area contributed by atoms with Crippen molar-refractivity contribution in [1.29, 1.82) is 0 Å². The zero-order valence-electron chi connectivity index (χ0n) is 9.01. The zero-order valence-corrected chi connectivity index (χ0v) is 9.83. The number of sulfonamides is 1. The highest BCUT2D eigenvalue weighted by molar-refractivity contribution is 7.89. The third-order valence-electron chi connectivity index (χ3n) is 2.20. The van der Waals surface area contributed by atoms with Crippen LogP contribution < -0.4 is 10.5 Å². The maximum absolute atomic E-state index is 10.9. The Morgan fingerprint density at radius 1 is 1.56 bits per heavy atom. The fourth-order valence-corrected chi connectivity index (χ4v) is 1.67. The smallest absolute Gasteiger partial charge is 0.271 e. The Hall–Kier alpha value is -0.890. The third kappa shape index (κ3) is 3.60. The highest BCUT2D eigenvalue weighted by atomic mass is 32.2. The quantitative estimate of drug-likeness (QED) is 0.646. The number of rotatable bonds is 6. The summed E-state index contributed by atoms with van der Waals surface area (Å²) in [7, 11) is -3.78. The highest BCUT2D eigenvalue weighted by Crippen LogP contribution is 2.12. The lowest BCUT2D eigenvalue weighted by Crippen LogP contribution is -2.30. The summed E-state index contributed by atoms with van der Waals surface area (Å²) in [6, 6.07) is 2.83. The maximum atomic E-state index is 10.9. The van der Waals surface area contributed by atoms with Gasteiger partial charge in [-0.05, 0) is 18.6 Å². The van der Waals surface area contributed by atoms with Gasteiger partial charge in [0.25, 0.3) is 10.0 Å². The van der Waals surface area contributed by atoms with Crippen LogP contribution in [0.1, 0.15) is 19.1 Å². The number of aliphatic hydroxyl groups is 1. The van der Waals surface area contributed by atoms with Crippen molar-refractivity contribution in [1.82, 2.24) is 5.32 Å². The first-order chi connectivity index (χ1) is 7.47. The molecule has 0 saturated carbocycles. The van der Waals surface area contributed by atoms with E-state index in [4.69, 9.17) is 14.7 Å². The van der Waals surface area contributed by atoms with Crippen LogP contribution in [0.5, 0.6) is 0 Å². The Morgan fingerprint density at radius 3 is 2.69 bits per heavy atom. The number of nitrogens with one attached hydrogen (secondary N) is 1. The molecule has 0 aliphatic carbocycles. The van der Waals surface area contributed by atoms with E-state index in [2.05, 4.69) is 5.32 Å². The van der Waals surface area contributed by atoms with Crippen molar-refractivity contribution in [3.05, 3.63) is 17.9 Å². The van der Waals surface area contributed by atoms with Gasteiger partial charge in [0.05, 0.1) is 13.2 Å². The van der Waals surface area contributed by atoms with Crippen LogP contribution >= 0.6 is 0 Å². The summed E-state index contributed by atoms with van der Waals surface area (Å²) in [5.41, 5.74) is 0. The second-order valence-electron chi connectivity index (χ2n) is 3.43. The summed E-state index contributed by atoms with van der Waals surface area (Å²) in [6.45, 7) is 2.32. The van der Waals surface area contributed by atoms with Crippen LogP contribution in [-0.4, -0.2) is 26.2 Å². The molecule has 0 spiro atoms. The van der Waals surface area contributed by atoms with Crippen molar-refractivity contribution in [2.45, 2.75) is 31.0 Å². The fraction of sp³-hybridized carbons (Fsp3) is 0.556. The standard InChI is InChI=1S/C9H16N2O4S/c1-2-7(6-12)11-5-8-3-4-9(15-8)16(10,13)14/h3-4,7,11-12H,2,5-6H2,1H3,(H2,10,13,14)/t7-/m1/s1. The van der Waals surface area contributed by atoms with Gasteiger partial charge >= 0.3 is 0 Å². The molecule has 0 bridgehead atoms. The van der Waals surface area contributed by atoms with Gasteiger partial charge in [-0.3, -0.25) is 0 Å². The third-order valence-corrected chi connectivity index (χ3v) is 2.98. The minimum Gasteiger partial charge on any atom is -0.447 e. The Balaban J connectivity index is 2.60. The van der Waals surface area contributed by atoms with Crippen LogP contribution in [0.25, 0.3) is 0 Å². The molecule has 7 heteroatoms. The van der Waals surface area contributed by atoms with E-state index in [0.717, 1.165) is 6.42 Å². The van der Waals surface area contributed by atoms with E-state index < -0.39 is 10.0 Å². The number of primary sulfonamides is 1. The van der Waals surface area contributed by atoms with Crippen LogP contribution in [0, 0.1) is 0 Å². The van der Waals surface area contributed by atoms with Crippen LogP contribution in [0.3, 0.4) is 0 Å². The van der Waals surface area contributed by atoms with E-state index in [1.165, 1.54) is 12.1 Å². The molecule has 1 heterocycles. The highest BCUT2D eigenvalue weighted by Gasteiger charge is 2.13. The molecule has 0 saturated heterocycles.